The van der Waals surface area contributed by atoms with E-state index in [1.807, 2.05) is 19.1 Å². The lowest BCUT2D eigenvalue weighted by atomic mass is 10.1. The number of carbonyl (C=O) groups is 2. The zero-order chi connectivity index (χ0) is 14.7. The fourth-order valence-corrected chi connectivity index (χ4v) is 2.24. The quantitative estimate of drug-likeness (QED) is 0.723. The van der Waals surface area contributed by atoms with Gasteiger partial charge in [0.25, 0.3) is 5.91 Å². The van der Waals surface area contributed by atoms with E-state index in [2.05, 4.69) is 10.6 Å². The van der Waals surface area contributed by atoms with Crippen molar-refractivity contribution in [1.29, 1.82) is 0 Å². The van der Waals surface area contributed by atoms with Crippen LogP contribution in [0.15, 0.2) is 30.4 Å². The molecular formula is C15H19N3O2. The Morgan fingerprint density at radius 1 is 1.30 bits per heavy atom. The average Bonchev–Trinajstić information content (AvgIpc) is 2.86. The van der Waals surface area contributed by atoms with E-state index >= 15 is 0 Å². The Morgan fingerprint density at radius 2 is 2.05 bits per heavy atom. The first-order valence-electron chi connectivity index (χ1n) is 6.58. The molecule has 2 atom stereocenters. The Labute approximate surface area is 118 Å². The van der Waals surface area contributed by atoms with Crippen LogP contribution in [0.3, 0.4) is 0 Å². The second-order valence-electron chi connectivity index (χ2n) is 4.99. The zero-order valence-electron chi connectivity index (χ0n) is 11.6. The van der Waals surface area contributed by atoms with Gasteiger partial charge in [-0.1, -0.05) is 12.2 Å². The van der Waals surface area contributed by atoms with Gasteiger partial charge in [0.1, 0.15) is 0 Å². The summed E-state index contributed by atoms with van der Waals surface area (Å²) in [6.07, 6.45) is 4.33. The van der Waals surface area contributed by atoms with Gasteiger partial charge >= 0.3 is 0 Å². The minimum atomic E-state index is -0.178. The van der Waals surface area contributed by atoms with Crippen molar-refractivity contribution in [2.24, 2.45) is 11.7 Å². The summed E-state index contributed by atoms with van der Waals surface area (Å²) < 4.78 is 0. The zero-order valence-corrected chi connectivity index (χ0v) is 11.6. The van der Waals surface area contributed by atoms with Crippen LogP contribution < -0.4 is 16.4 Å². The first-order valence-corrected chi connectivity index (χ1v) is 6.58. The second kappa shape index (κ2) is 5.88. The lowest BCUT2D eigenvalue weighted by Crippen LogP contribution is -2.24. The fraction of sp³-hybridized carbons (Fsp3) is 0.333. The average molecular weight is 273 g/mol. The van der Waals surface area contributed by atoms with Gasteiger partial charge < -0.3 is 16.4 Å². The van der Waals surface area contributed by atoms with E-state index in [1.54, 1.807) is 25.2 Å². The first kappa shape index (κ1) is 14.3. The minimum absolute atomic E-state index is 0.0394. The largest absolute Gasteiger partial charge is 0.355 e. The van der Waals surface area contributed by atoms with Crippen molar-refractivity contribution in [2.45, 2.75) is 19.4 Å². The summed E-state index contributed by atoms with van der Waals surface area (Å²) in [5.41, 5.74) is 7.89. The highest BCUT2D eigenvalue weighted by Crippen LogP contribution is 2.21. The van der Waals surface area contributed by atoms with Gasteiger partial charge in [0, 0.05) is 24.3 Å². The van der Waals surface area contributed by atoms with Crippen LogP contribution in [0.1, 0.15) is 22.3 Å². The van der Waals surface area contributed by atoms with Gasteiger partial charge in [0.2, 0.25) is 5.91 Å². The van der Waals surface area contributed by atoms with Gasteiger partial charge in [-0.3, -0.25) is 9.59 Å². The predicted octanol–water partition coefficient (Wildman–Crippen LogP) is 1.20. The molecule has 0 aromatic heterocycles. The Hall–Kier alpha value is -2.14. The van der Waals surface area contributed by atoms with Gasteiger partial charge in [-0.2, -0.15) is 0 Å². The van der Waals surface area contributed by atoms with Gasteiger partial charge in [0.15, 0.2) is 0 Å². The van der Waals surface area contributed by atoms with E-state index in [1.165, 1.54) is 0 Å². The summed E-state index contributed by atoms with van der Waals surface area (Å²) in [5, 5.41) is 5.45. The van der Waals surface area contributed by atoms with Crippen molar-refractivity contribution in [1.82, 2.24) is 5.32 Å². The second-order valence-corrected chi connectivity index (χ2v) is 4.99. The molecule has 0 fully saturated rings. The van der Waals surface area contributed by atoms with Crippen molar-refractivity contribution in [3.8, 4) is 0 Å². The summed E-state index contributed by atoms with van der Waals surface area (Å²) >= 11 is 0. The van der Waals surface area contributed by atoms with E-state index in [9.17, 15) is 9.59 Å². The molecule has 0 bridgehead atoms. The SMILES string of the molecule is CNC(=O)c1ccc(NC(=O)C2C=CC(N)C2)c(C)c1. The third-order valence-electron chi connectivity index (χ3n) is 3.43. The number of nitrogens with one attached hydrogen (secondary N) is 2. The number of hydrogen-bond acceptors (Lipinski definition) is 3. The molecule has 0 heterocycles. The molecule has 2 amide bonds. The lowest BCUT2D eigenvalue weighted by Gasteiger charge is -2.13. The topological polar surface area (TPSA) is 84.2 Å². The Morgan fingerprint density at radius 3 is 2.60 bits per heavy atom. The van der Waals surface area contributed by atoms with Gasteiger partial charge in [-0.25, -0.2) is 0 Å². The molecule has 0 spiro atoms. The van der Waals surface area contributed by atoms with Crippen molar-refractivity contribution >= 4 is 17.5 Å². The molecule has 1 aromatic carbocycles. The number of hydrogen-bond donors (Lipinski definition) is 3. The minimum Gasteiger partial charge on any atom is -0.355 e. The van der Waals surface area contributed by atoms with Gasteiger partial charge in [-0.05, 0) is 37.1 Å². The third-order valence-corrected chi connectivity index (χ3v) is 3.43. The van der Waals surface area contributed by atoms with Crippen LogP contribution in [0, 0.1) is 12.8 Å². The highest BCUT2D eigenvalue weighted by Gasteiger charge is 2.23. The molecule has 2 rings (SSSR count). The summed E-state index contributed by atoms with van der Waals surface area (Å²) in [4.78, 5) is 23.6. The van der Waals surface area contributed by atoms with E-state index in [4.69, 9.17) is 5.73 Å². The highest BCUT2D eigenvalue weighted by molar-refractivity contribution is 5.97. The summed E-state index contributed by atoms with van der Waals surface area (Å²) in [7, 11) is 1.59. The summed E-state index contributed by atoms with van der Waals surface area (Å²) in [6.45, 7) is 1.86. The van der Waals surface area contributed by atoms with E-state index < -0.39 is 0 Å². The number of rotatable bonds is 3. The third kappa shape index (κ3) is 3.05. The molecule has 1 aliphatic rings. The van der Waals surface area contributed by atoms with Crippen LogP contribution in [-0.4, -0.2) is 24.9 Å². The monoisotopic (exact) mass is 273 g/mol. The number of amides is 2. The molecule has 0 aliphatic heterocycles. The molecule has 1 aliphatic carbocycles. The molecule has 0 saturated carbocycles. The number of nitrogens with two attached hydrogens (primary N) is 1. The molecular weight excluding hydrogens is 254 g/mol. The number of aryl methyl sites for hydroxylation is 1. The van der Waals surface area contributed by atoms with Crippen molar-refractivity contribution in [3.63, 3.8) is 0 Å². The fourth-order valence-electron chi connectivity index (χ4n) is 2.24. The van der Waals surface area contributed by atoms with Crippen LogP contribution in [0.4, 0.5) is 5.69 Å². The molecule has 2 unspecified atom stereocenters. The maximum absolute atomic E-state index is 12.1. The molecule has 106 valence electrons. The molecule has 5 nitrogen and oxygen atoms in total. The van der Waals surface area contributed by atoms with E-state index in [-0.39, 0.29) is 23.8 Å². The highest BCUT2D eigenvalue weighted by atomic mass is 16.2. The van der Waals surface area contributed by atoms with Crippen LogP contribution in [0.5, 0.6) is 0 Å². The Bertz CT molecular complexity index is 566. The Balaban J connectivity index is 2.08. The van der Waals surface area contributed by atoms with Gasteiger partial charge in [0.05, 0.1) is 5.92 Å². The smallest absolute Gasteiger partial charge is 0.251 e. The maximum Gasteiger partial charge on any atom is 0.251 e. The number of benzene rings is 1. The van der Waals surface area contributed by atoms with E-state index in [0.717, 1.165) is 11.3 Å². The molecule has 20 heavy (non-hydrogen) atoms. The molecule has 5 heteroatoms. The first-order chi connectivity index (χ1) is 9.51. The molecule has 0 radical (unpaired) electrons. The number of anilines is 1. The van der Waals surface area contributed by atoms with Crippen LogP contribution in [-0.2, 0) is 4.79 Å². The van der Waals surface area contributed by atoms with Crippen LogP contribution in [0.2, 0.25) is 0 Å². The van der Waals surface area contributed by atoms with Gasteiger partial charge in [-0.15, -0.1) is 0 Å². The van der Waals surface area contributed by atoms with Crippen LogP contribution >= 0.6 is 0 Å². The van der Waals surface area contributed by atoms with Crippen molar-refractivity contribution in [3.05, 3.63) is 41.5 Å². The molecule has 4 N–H and O–H groups in total. The van der Waals surface area contributed by atoms with E-state index in [0.29, 0.717) is 12.0 Å². The molecule has 1 aromatic rings. The molecule has 0 saturated heterocycles. The number of carbonyl (C=O) groups excluding carboxylic acids is 2. The summed E-state index contributed by atoms with van der Waals surface area (Å²) in [6, 6.07) is 5.15. The normalized spacial score (nSPS) is 20.8. The Kier molecular flexibility index (Phi) is 4.20. The predicted molar refractivity (Wildman–Crippen MR) is 78.4 cm³/mol. The van der Waals surface area contributed by atoms with Crippen molar-refractivity contribution < 1.29 is 9.59 Å². The van der Waals surface area contributed by atoms with Crippen molar-refractivity contribution in [2.75, 3.05) is 12.4 Å². The standard InChI is InChI=1S/C15H19N3O2/c1-9-7-10(14(19)17-2)4-6-13(9)18-15(20)11-3-5-12(16)8-11/h3-7,11-12H,8,16H2,1-2H3,(H,17,19)(H,18,20). The van der Waals surface area contributed by atoms with Crippen LogP contribution in [0.25, 0.3) is 0 Å². The lowest BCUT2D eigenvalue weighted by molar-refractivity contribution is -0.118. The maximum atomic E-state index is 12.1. The summed E-state index contributed by atoms with van der Waals surface area (Å²) in [5.74, 6) is -0.385.